The first-order valence-electron chi connectivity index (χ1n) is 10.1. The van der Waals surface area contributed by atoms with Gasteiger partial charge in [0.1, 0.15) is 23.7 Å². The summed E-state index contributed by atoms with van der Waals surface area (Å²) in [5.41, 5.74) is 1.97. The predicted octanol–water partition coefficient (Wildman–Crippen LogP) is 5.18. The third-order valence-electron chi connectivity index (χ3n) is 5.60. The standard InChI is InChI=1S/C25H19FN4O2/c1-27-21-12-16(28-14-29-21)13-30-20-11-10-15-6-2-3-7-17(15)22(20)23(24(30)25(31)32)18-8-4-5-9-19(18)26/h2-12,14H,13H2,1H3,(H,31,32)(H,27,28,29). The average Bonchev–Trinajstić information content (AvgIpc) is 3.14. The zero-order valence-electron chi connectivity index (χ0n) is 17.2. The van der Waals surface area contributed by atoms with Crippen LogP contribution in [-0.2, 0) is 6.54 Å². The number of rotatable bonds is 5. The molecule has 0 saturated carbocycles. The molecule has 0 bridgehead atoms. The van der Waals surface area contributed by atoms with Gasteiger partial charge in [0.2, 0.25) is 0 Å². The molecule has 0 fully saturated rings. The van der Waals surface area contributed by atoms with Crippen LogP contribution in [0.5, 0.6) is 0 Å². The van der Waals surface area contributed by atoms with E-state index in [4.69, 9.17) is 0 Å². The van der Waals surface area contributed by atoms with Crippen molar-refractivity contribution in [3.05, 3.63) is 90.3 Å². The van der Waals surface area contributed by atoms with Gasteiger partial charge >= 0.3 is 5.97 Å². The number of nitrogens with one attached hydrogen (secondary N) is 1. The minimum absolute atomic E-state index is 0.0195. The molecule has 0 saturated heterocycles. The second-order valence-electron chi connectivity index (χ2n) is 7.42. The minimum atomic E-state index is -1.13. The molecule has 32 heavy (non-hydrogen) atoms. The molecule has 2 N–H and O–H groups in total. The summed E-state index contributed by atoms with van der Waals surface area (Å²) in [4.78, 5) is 21.0. The van der Waals surface area contributed by atoms with Crippen LogP contribution in [0.15, 0.2) is 73.1 Å². The first kappa shape index (κ1) is 19.7. The molecule has 3 aromatic carbocycles. The molecular formula is C25H19FN4O2. The lowest BCUT2D eigenvalue weighted by molar-refractivity contribution is 0.0687. The number of benzene rings is 3. The highest BCUT2D eigenvalue weighted by molar-refractivity contribution is 6.18. The van der Waals surface area contributed by atoms with Crippen molar-refractivity contribution >= 4 is 33.5 Å². The quantitative estimate of drug-likeness (QED) is 0.405. The van der Waals surface area contributed by atoms with Gasteiger partial charge in [-0.3, -0.25) is 0 Å². The zero-order chi connectivity index (χ0) is 22.2. The summed E-state index contributed by atoms with van der Waals surface area (Å²) in [6, 6.07) is 19.6. The van der Waals surface area contributed by atoms with Gasteiger partial charge in [0, 0.05) is 29.6 Å². The molecule has 6 nitrogen and oxygen atoms in total. The summed E-state index contributed by atoms with van der Waals surface area (Å²) in [5.74, 6) is -0.976. The number of hydrogen-bond donors (Lipinski definition) is 2. The van der Waals surface area contributed by atoms with Crippen LogP contribution in [0, 0.1) is 5.82 Å². The van der Waals surface area contributed by atoms with Crippen LogP contribution in [0.25, 0.3) is 32.8 Å². The van der Waals surface area contributed by atoms with E-state index in [1.54, 1.807) is 35.9 Å². The van der Waals surface area contributed by atoms with E-state index in [1.807, 2.05) is 36.4 Å². The highest BCUT2D eigenvalue weighted by Gasteiger charge is 2.26. The monoisotopic (exact) mass is 426 g/mol. The van der Waals surface area contributed by atoms with E-state index >= 15 is 0 Å². The van der Waals surface area contributed by atoms with Crippen LogP contribution in [0.4, 0.5) is 10.2 Å². The molecule has 158 valence electrons. The average molecular weight is 426 g/mol. The number of carboxylic acid groups (broad SMARTS) is 1. The van der Waals surface area contributed by atoms with E-state index in [1.165, 1.54) is 12.4 Å². The maximum atomic E-state index is 15.0. The van der Waals surface area contributed by atoms with Crippen molar-refractivity contribution in [3.63, 3.8) is 0 Å². The molecule has 7 heteroatoms. The van der Waals surface area contributed by atoms with Crippen molar-refractivity contribution in [3.8, 4) is 11.1 Å². The number of hydrogen-bond acceptors (Lipinski definition) is 4. The SMILES string of the molecule is CNc1cc(Cn2c(C(=O)O)c(-c3ccccc3F)c3c4ccccc4ccc32)ncn1. The Hall–Kier alpha value is -4.26. The summed E-state index contributed by atoms with van der Waals surface area (Å²) >= 11 is 0. The Balaban J connectivity index is 1.90. The Bertz CT molecular complexity index is 1490. The normalized spacial score (nSPS) is 11.2. The molecule has 0 spiro atoms. The number of carboxylic acids is 1. The third kappa shape index (κ3) is 3.15. The van der Waals surface area contributed by atoms with Gasteiger partial charge < -0.3 is 15.0 Å². The lowest BCUT2D eigenvalue weighted by Crippen LogP contribution is -2.12. The van der Waals surface area contributed by atoms with Gasteiger partial charge in [0.05, 0.1) is 17.8 Å². The van der Waals surface area contributed by atoms with Crippen molar-refractivity contribution in [1.29, 1.82) is 0 Å². The molecule has 5 rings (SSSR count). The van der Waals surface area contributed by atoms with Gasteiger partial charge in [0.25, 0.3) is 0 Å². The molecule has 0 radical (unpaired) electrons. The van der Waals surface area contributed by atoms with Crippen molar-refractivity contribution in [2.24, 2.45) is 0 Å². The fourth-order valence-corrected chi connectivity index (χ4v) is 4.22. The van der Waals surface area contributed by atoms with E-state index in [-0.39, 0.29) is 17.8 Å². The third-order valence-corrected chi connectivity index (χ3v) is 5.60. The first-order chi connectivity index (χ1) is 15.6. The Labute approximate surface area is 183 Å². The largest absolute Gasteiger partial charge is 0.477 e. The molecule has 0 aliphatic carbocycles. The van der Waals surface area contributed by atoms with Crippen LogP contribution in [0.3, 0.4) is 0 Å². The van der Waals surface area contributed by atoms with E-state index in [9.17, 15) is 14.3 Å². The Morgan fingerprint density at radius 1 is 1.06 bits per heavy atom. The van der Waals surface area contributed by atoms with E-state index < -0.39 is 11.8 Å². The van der Waals surface area contributed by atoms with Crippen molar-refractivity contribution in [2.45, 2.75) is 6.54 Å². The minimum Gasteiger partial charge on any atom is -0.477 e. The lowest BCUT2D eigenvalue weighted by Gasteiger charge is -2.10. The number of aromatic carboxylic acids is 1. The fourth-order valence-electron chi connectivity index (χ4n) is 4.22. The van der Waals surface area contributed by atoms with Gasteiger partial charge in [-0.1, -0.05) is 48.5 Å². The summed E-state index contributed by atoms with van der Waals surface area (Å²) < 4.78 is 16.6. The van der Waals surface area contributed by atoms with Crippen LogP contribution in [0.2, 0.25) is 0 Å². The summed E-state index contributed by atoms with van der Waals surface area (Å²) in [5, 5.41) is 15.7. The molecule has 0 atom stereocenters. The number of fused-ring (bicyclic) bond motifs is 3. The maximum Gasteiger partial charge on any atom is 0.353 e. The molecule has 0 aliphatic rings. The number of nitrogens with zero attached hydrogens (tertiary/aromatic N) is 3. The van der Waals surface area contributed by atoms with Crippen molar-refractivity contribution in [1.82, 2.24) is 14.5 Å². The first-order valence-corrected chi connectivity index (χ1v) is 10.1. The molecule has 2 aromatic heterocycles. The van der Waals surface area contributed by atoms with Crippen LogP contribution < -0.4 is 5.32 Å². The van der Waals surface area contributed by atoms with E-state index in [2.05, 4.69) is 15.3 Å². The summed E-state index contributed by atoms with van der Waals surface area (Å²) in [7, 11) is 1.75. The predicted molar refractivity (Wildman–Crippen MR) is 122 cm³/mol. The molecule has 0 amide bonds. The summed E-state index contributed by atoms with van der Waals surface area (Å²) in [6.45, 7) is 0.197. The molecule has 0 aliphatic heterocycles. The van der Waals surface area contributed by atoms with E-state index in [0.29, 0.717) is 28.0 Å². The van der Waals surface area contributed by atoms with E-state index in [0.717, 1.165) is 10.8 Å². The number of aromatic nitrogens is 3. The zero-order valence-corrected chi connectivity index (χ0v) is 17.2. The maximum absolute atomic E-state index is 15.0. The smallest absolute Gasteiger partial charge is 0.353 e. The molecule has 5 aromatic rings. The molecular weight excluding hydrogens is 407 g/mol. The summed E-state index contributed by atoms with van der Waals surface area (Å²) in [6.07, 6.45) is 1.43. The van der Waals surface area contributed by atoms with Gasteiger partial charge in [-0.05, 0) is 22.9 Å². The van der Waals surface area contributed by atoms with Gasteiger partial charge in [0.15, 0.2) is 0 Å². The van der Waals surface area contributed by atoms with Crippen LogP contribution in [0.1, 0.15) is 16.2 Å². The van der Waals surface area contributed by atoms with Gasteiger partial charge in [-0.15, -0.1) is 0 Å². The lowest BCUT2D eigenvalue weighted by atomic mass is 9.97. The highest BCUT2D eigenvalue weighted by Crippen LogP contribution is 2.40. The van der Waals surface area contributed by atoms with Crippen LogP contribution >= 0.6 is 0 Å². The van der Waals surface area contributed by atoms with Crippen molar-refractivity contribution < 1.29 is 14.3 Å². The van der Waals surface area contributed by atoms with Crippen LogP contribution in [-0.4, -0.2) is 32.7 Å². The van der Waals surface area contributed by atoms with Gasteiger partial charge in [-0.2, -0.15) is 0 Å². The number of carbonyl (C=O) groups is 1. The molecule has 2 heterocycles. The topological polar surface area (TPSA) is 80.0 Å². The number of anilines is 1. The highest BCUT2D eigenvalue weighted by atomic mass is 19.1. The molecule has 0 unspecified atom stereocenters. The van der Waals surface area contributed by atoms with Gasteiger partial charge in [-0.25, -0.2) is 19.2 Å². The Morgan fingerprint density at radius 3 is 2.62 bits per heavy atom. The Morgan fingerprint density at radius 2 is 1.84 bits per heavy atom. The fraction of sp³-hybridized carbons (Fsp3) is 0.0800. The number of halogens is 1. The second kappa shape index (κ2) is 7.77. The second-order valence-corrected chi connectivity index (χ2v) is 7.42. The van der Waals surface area contributed by atoms with Crippen molar-refractivity contribution in [2.75, 3.05) is 12.4 Å². The Kier molecular flexibility index (Phi) is 4.78.